The van der Waals surface area contributed by atoms with Crippen molar-refractivity contribution in [1.29, 1.82) is 0 Å². The van der Waals surface area contributed by atoms with Crippen LogP contribution in [0.5, 0.6) is 0 Å². The minimum atomic E-state index is -0.412. The van der Waals surface area contributed by atoms with Gasteiger partial charge in [0.25, 0.3) is 5.91 Å². The van der Waals surface area contributed by atoms with E-state index in [0.717, 1.165) is 19.4 Å². The first-order valence-corrected chi connectivity index (χ1v) is 8.37. The Balaban J connectivity index is 1.53. The molecule has 0 saturated carbocycles. The predicted molar refractivity (Wildman–Crippen MR) is 99.6 cm³/mol. The van der Waals surface area contributed by atoms with Gasteiger partial charge in [0.15, 0.2) is 0 Å². The molecule has 5 nitrogen and oxygen atoms in total. The SMILES string of the molecule is O=C(Nc1cccc(F)c1)c1cc(NCCCc2ccccc2)ncn1. The summed E-state index contributed by atoms with van der Waals surface area (Å²) in [4.78, 5) is 20.3. The summed E-state index contributed by atoms with van der Waals surface area (Å²) in [5.41, 5.74) is 1.88. The molecule has 0 bridgehead atoms. The number of carbonyl (C=O) groups is 1. The number of benzene rings is 2. The van der Waals surface area contributed by atoms with E-state index in [4.69, 9.17) is 0 Å². The number of carbonyl (C=O) groups excluding carboxylic acids is 1. The van der Waals surface area contributed by atoms with Crippen molar-refractivity contribution in [1.82, 2.24) is 9.97 Å². The van der Waals surface area contributed by atoms with E-state index in [1.54, 1.807) is 12.1 Å². The van der Waals surface area contributed by atoms with Crippen molar-refractivity contribution < 1.29 is 9.18 Å². The zero-order chi connectivity index (χ0) is 18.2. The molecule has 1 amide bonds. The van der Waals surface area contributed by atoms with Gasteiger partial charge in [-0.15, -0.1) is 0 Å². The fourth-order valence-electron chi connectivity index (χ4n) is 2.49. The van der Waals surface area contributed by atoms with Crippen LogP contribution in [-0.2, 0) is 6.42 Å². The molecule has 0 fully saturated rings. The highest BCUT2D eigenvalue weighted by Gasteiger charge is 2.09. The number of aromatic nitrogens is 2. The van der Waals surface area contributed by atoms with Crippen LogP contribution in [0.25, 0.3) is 0 Å². The molecule has 6 heteroatoms. The maximum absolute atomic E-state index is 13.2. The Labute approximate surface area is 151 Å². The molecule has 0 aliphatic heterocycles. The fourth-order valence-corrected chi connectivity index (χ4v) is 2.49. The van der Waals surface area contributed by atoms with Gasteiger partial charge in [-0.25, -0.2) is 14.4 Å². The lowest BCUT2D eigenvalue weighted by Crippen LogP contribution is -2.15. The molecule has 0 atom stereocenters. The topological polar surface area (TPSA) is 66.9 Å². The second kappa shape index (κ2) is 8.71. The van der Waals surface area contributed by atoms with Crippen LogP contribution in [0.4, 0.5) is 15.9 Å². The minimum Gasteiger partial charge on any atom is -0.370 e. The van der Waals surface area contributed by atoms with Gasteiger partial charge in [0.05, 0.1) is 0 Å². The average Bonchev–Trinajstić information content (AvgIpc) is 2.66. The first-order chi connectivity index (χ1) is 12.7. The smallest absolute Gasteiger partial charge is 0.274 e. The molecule has 26 heavy (non-hydrogen) atoms. The zero-order valence-electron chi connectivity index (χ0n) is 14.2. The number of rotatable bonds is 7. The molecule has 2 aromatic carbocycles. The van der Waals surface area contributed by atoms with Crippen LogP contribution in [0.15, 0.2) is 67.0 Å². The van der Waals surface area contributed by atoms with E-state index in [0.29, 0.717) is 11.5 Å². The van der Waals surface area contributed by atoms with E-state index < -0.39 is 11.7 Å². The average molecular weight is 350 g/mol. The fraction of sp³-hybridized carbons (Fsp3) is 0.150. The third-order valence-electron chi connectivity index (χ3n) is 3.77. The van der Waals surface area contributed by atoms with E-state index in [1.165, 1.54) is 30.1 Å². The lowest BCUT2D eigenvalue weighted by Gasteiger charge is -2.08. The number of aryl methyl sites for hydroxylation is 1. The van der Waals surface area contributed by atoms with Crippen molar-refractivity contribution >= 4 is 17.4 Å². The monoisotopic (exact) mass is 350 g/mol. The van der Waals surface area contributed by atoms with Crippen LogP contribution in [-0.4, -0.2) is 22.4 Å². The molecule has 0 aliphatic carbocycles. The molecule has 0 aliphatic rings. The van der Waals surface area contributed by atoms with Crippen molar-refractivity contribution in [2.45, 2.75) is 12.8 Å². The van der Waals surface area contributed by atoms with Gasteiger partial charge in [0.1, 0.15) is 23.7 Å². The molecule has 3 rings (SSSR count). The Morgan fingerprint density at radius 1 is 1.00 bits per heavy atom. The zero-order valence-corrected chi connectivity index (χ0v) is 14.2. The lowest BCUT2D eigenvalue weighted by atomic mass is 10.1. The summed E-state index contributed by atoms with van der Waals surface area (Å²) in [5.74, 6) is -0.242. The summed E-state index contributed by atoms with van der Waals surface area (Å²) in [6, 6.07) is 17.5. The van der Waals surface area contributed by atoms with Gasteiger partial charge < -0.3 is 10.6 Å². The Morgan fingerprint density at radius 3 is 2.65 bits per heavy atom. The van der Waals surface area contributed by atoms with Crippen LogP contribution in [0.3, 0.4) is 0 Å². The van der Waals surface area contributed by atoms with E-state index in [2.05, 4.69) is 32.7 Å². The Kier molecular flexibility index (Phi) is 5.88. The Morgan fingerprint density at radius 2 is 1.85 bits per heavy atom. The number of halogens is 1. The highest BCUT2D eigenvalue weighted by atomic mass is 19.1. The molecule has 0 spiro atoms. The van der Waals surface area contributed by atoms with Crippen LogP contribution in [0.2, 0.25) is 0 Å². The van der Waals surface area contributed by atoms with Crippen LogP contribution >= 0.6 is 0 Å². The van der Waals surface area contributed by atoms with Gasteiger partial charge in [-0.1, -0.05) is 36.4 Å². The van der Waals surface area contributed by atoms with Crippen molar-refractivity contribution in [2.24, 2.45) is 0 Å². The maximum atomic E-state index is 13.2. The van der Waals surface area contributed by atoms with Crippen LogP contribution in [0.1, 0.15) is 22.5 Å². The summed E-state index contributed by atoms with van der Waals surface area (Å²) >= 11 is 0. The first-order valence-electron chi connectivity index (χ1n) is 8.37. The highest BCUT2D eigenvalue weighted by Crippen LogP contribution is 2.12. The van der Waals surface area contributed by atoms with Crippen molar-refractivity contribution in [3.05, 3.63) is 84.1 Å². The quantitative estimate of drug-likeness (QED) is 0.634. The van der Waals surface area contributed by atoms with Crippen LogP contribution in [0, 0.1) is 5.82 Å². The third-order valence-corrected chi connectivity index (χ3v) is 3.77. The standard InChI is InChI=1S/C20H19FN4O/c21-16-9-4-10-17(12-16)25-20(26)18-13-19(24-14-23-18)22-11-5-8-15-6-2-1-3-7-15/h1-4,6-7,9-10,12-14H,5,8,11H2,(H,25,26)(H,22,23,24). The number of nitrogens with zero attached hydrogens (tertiary/aromatic N) is 2. The molecule has 132 valence electrons. The molecule has 3 aromatic rings. The van der Waals surface area contributed by atoms with Gasteiger partial charge in [0.2, 0.25) is 0 Å². The molecular formula is C20H19FN4O. The number of hydrogen-bond donors (Lipinski definition) is 2. The summed E-state index contributed by atoms with van der Waals surface area (Å²) in [6.45, 7) is 0.733. The number of amides is 1. The first kappa shape index (κ1) is 17.5. The molecule has 1 heterocycles. The second-order valence-corrected chi connectivity index (χ2v) is 5.77. The summed E-state index contributed by atoms with van der Waals surface area (Å²) in [7, 11) is 0. The minimum absolute atomic E-state index is 0.217. The van der Waals surface area contributed by atoms with E-state index in [9.17, 15) is 9.18 Å². The van der Waals surface area contributed by atoms with Crippen molar-refractivity contribution in [3.8, 4) is 0 Å². The number of nitrogens with one attached hydrogen (secondary N) is 2. The molecular weight excluding hydrogens is 331 g/mol. The Hall–Kier alpha value is -3.28. The molecule has 0 radical (unpaired) electrons. The van der Waals surface area contributed by atoms with Gasteiger partial charge >= 0.3 is 0 Å². The predicted octanol–water partition coefficient (Wildman–Crippen LogP) is 3.91. The molecule has 1 aromatic heterocycles. The summed E-state index contributed by atoms with van der Waals surface area (Å²) < 4.78 is 13.2. The van der Waals surface area contributed by atoms with Gasteiger partial charge in [-0.05, 0) is 36.6 Å². The highest BCUT2D eigenvalue weighted by molar-refractivity contribution is 6.03. The normalized spacial score (nSPS) is 10.3. The number of hydrogen-bond acceptors (Lipinski definition) is 4. The van der Waals surface area contributed by atoms with Gasteiger partial charge in [-0.3, -0.25) is 4.79 Å². The maximum Gasteiger partial charge on any atom is 0.274 e. The molecule has 0 saturated heterocycles. The van der Waals surface area contributed by atoms with Gasteiger partial charge in [-0.2, -0.15) is 0 Å². The molecule has 2 N–H and O–H groups in total. The summed E-state index contributed by atoms with van der Waals surface area (Å²) in [5, 5.41) is 5.81. The summed E-state index contributed by atoms with van der Waals surface area (Å²) in [6.07, 6.45) is 3.24. The van der Waals surface area contributed by atoms with E-state index in [-0.39, 0.29) is 5.69 Å². The lowest BCUT2D eigenvalue weighted by molar-refractivity contribution is 0.102. The van der Waals surface area contributed by atoms with E-state index in [1.807, 2.05) is 18.2 Å². The van der Waals surface area contributed by atoms with Crippen molar-refractivity contribution in [3.63, 3.8) is 0 Å². The van der Waals surface area contributed by atoms with E-state index >= 15 is 0 Å². The van der Waals surface area contributed by atoms with Gasteiger partial charge in [0, 0.05) is 18.3 Å². The Bertz CT molecular complexity index is 870. The van der Waals surface area contributed by atoms with Crippen LogP contribution < -0.4 is 10.6 Å². The van der Waals surface area contributed by atoms with Crippen molar-refractivity contribution in [2.75, 3.05) is 17.2 Å². The third kappa shape index (κ3) is 5.11. The molecule has 0 unspecified atom stereocenters. The largest absolute Gasteiger partial charge is 0.370 e. The second-order valence-electron chi connectivity index (χ2n) is 5.77. The number of anilines is 2.